The number of hydrogen-bond donors (Lipinski definition) is 1. The molecule has 0 spiro atoms. The molecule has 0 amide bonds. The number of rotatable bonds is 1. The number of aliphatic hydroxyl groups excluding tert-OH is 1. The van der Waals surface area contributed by atoms with Gasteiger partial charge in [0.2, 0.25) is 0 Å². The molecule has 0 aromatic carbocycles. The van der Waals surface area contributed by atoms with Gasteiger partial charge in [0.1, 0.15) is 0 Å². The predicted molar refractivity (Wildman–Crippen MR) is 40.8 cm³/mol. The normalized spacial score (nSPS) is 10.1. The molecule has 0 aliphatic heterocycles. The van der Waals surface area contributed by atoms with Crippen LogP contribution in [0.5, 0.6) is 0 Å². The summed E-state index contributed by atoms with van der Waals surface area (Å²) in [5, 5.41) is 13.2. The molecule has 0 saturated heterocycles. The first-order chi connectivity index (χ1) is 5.04. The summed E-state index contributed by atoms with van der Waals surface area (Å²) >= 11 is 0. The molecule has 1 aromatic heterocycles. The van der Waals surface area contributed by atoms with Crippen LogP contribution in [-0.2, 0) is 14.1 Å². The molecule has 1 aromatic rings. The average Bonchev–Trinajstić information content (AvgIpc) is 2.07. The SMILES string of the molecule is C=C(O)c1n(C)nc(C)[n+]1C. The Balaban J connectivity index is 3.34. The third-order valence-electron chi connectivity index (χ3n) is 1.66. The average molecular weight is 154 g/mol. The van der Waals surface area contributed by atoms with Gasteiger partial charge in [-0.05, 0) is 6.58 Å². The summed E-state index contributed by atoms with van der Waals surface area (Å²) in [5.41, 5.74) is 0. The first-order valence-corrected chi connectivity index (χ1v) is 3.32. The standard InChI is InChI=1S/C7H11N3O/c1-5(11)7-9(3)6(2)8-10(7)4/h1H2,2-4H3/p+1. The van der Waals surface area contributed by atoms with Crippen LogP contribution in [0.15, 0.2) is 6.58 Å². The van der Waals surface area contributed by atoms with Gasteiger partial charge in [0.15, 0.2) is 5.76 Å². The number of aryl methyl sites for hydroxylation is 2. The Morgan fingerprint density at radius 3 is 2.45 bits per heavy atom. The summed E-state index contributed by atoms with van der Waals surface area (Å²) in [6.45, 7) is 5.30. The molecule has 1 rings (SSSR count). The Morgan fingerprint density at radius 2 is 2.27 bits per heavy atom. The third kappa shape index (κ3) is 1.11. The third-order valence-corrected chi connectivity index (χ3v) is 1.66. The molecule has 0 unspecified atom stereocenters. The molecule has 4 heteroatoms. The van der Waals surface area contributed by atoms with Crippen LogP contribution in [0.2, 0.25) is 0 Å². The minimum absolute atomic E-state index is 0.0376. The van der Waals surface area contributed by atoms with E-state index in [4.69, 9.17) is 5.11 Å². The van der Waals surface area contributed by atoms with Crippen LogP contribution in [0.4, 0.5) is 0 Å². The van der Waals surface area contributed by atoms with E-state index in [9.17, 15) is 0 Å². The maximum atomic E-state index is 9.12. The van der Waals surface area contributed by atoms with E-state index in [2.05, 4.69) is 11.7 Å². The van der Waals surface area contributed by atoms with Crippen molar-refractivity contribution < 1.29 is 9.67 Å². The van der Waals surface area contributed by atoms with Gasteiger partial charge in [0, 0.05) is 12.0 Å². The van der Waals surface area contributed by atoms with Gasteiger partial charge in [-0.1, -0.05) is 0 Å². The maximum Gasteiger partial charge on any atom is 0.301 e. The molecule has 1 N–H and O–H groups in total. The van der Waals surface area contributed by atoms with Crippen molar-refractivity contribution in [3.63, 3.8) is 0 Å². The smallest absolute Gasteiger partial charge is 0.301 e. The molecular formula is C7H12N3O+. The van der Waals surface area contributed by atoms with Crippen molar-refractivity contribution in [2.24, 2.45) is 14.1 Å². The Hall–Kier alpha value is -1.32. The van der Waals surface area contributed by atoms with Crippen LogP contribution >= 0.6 is 0 Å². The highest BCUT2D eigenvalue weighted by atomic mass is 16.3. The van der Waals surface area contributed by atoms with E-state index in [1.807, 2.05) is 14.0 Å². The van der Waals surface area contributed by atoms with E-state index >= 15 is 0 Å². The highest BCUT2D eigenvalue weighted by molar-refractivity contribution is 5.44. The quantitative estimate of drug-likeness (QED) is 0.460. The van der Waals surface area contributed by atoms with E-state index < -0.39 is 0 Å². The number of aliphatic hydroxyl groups is 1. The van der Waals surface area contributed by atoms with Gasteiger partial charge < -0.3 is 5.11 Å². The van der Waals surface area contributed by atoms with Gasteiger partial charge >= 0.3 is 5.82 Å². The zero-order chi connectivity index (χ0) is 8.59. The molecule has 0 fully saturated rings. The highest BCUT2D eigenvalue weighted by Gasteiger charge is 2.18. The summed E-state index contributed by atoms with van der Waals surface area (Å²) < 4.78 is 3.38. The molecule has 0 atom stereocenters. The molecule has 0 aliphatic rings. The fourth-order valence-electron chi connectivity index (χ4n) is 1.08. The summed E-state index contributed by atoms with van der Waals surface area (Å²) in [6, 6.07) is 0. The number of nitrogens with zero attached hydrogens (tertiary/aromatic N) is 3. The zero-order valence-electron chi connectivity index (χ0n) is 7.00. The van der Waals surface area contributed by atoms with E-state index in [1.54, 1.807) is 16.3 Å². The van der Waals surface area contributed by atoms with Crippen molar-refractivity contribution in [1.29, 1.82) is 0 Å². The van der Waals surface area contributed by atoms with Crippen LogP contribution in [-0.4, -0.2) is 14.9 Å². The molecule has 60 valence electrons. The van der Waals surface area contributed by atoms with Crippen molar-refractivity contribution in [3.8, 4) is 0 Å². The molecule has 0 saturated carbocycles. The second kappa shape index (κ2) is 2.38. The monoisotopic (exact) mass is 154 g/mol. The summed E-state index contributed by atoms with van der Waals surface area (Å²) in [5.74, 6) is 1.51. The topological polar surface area (TPSA) is 41.9 Å². The molecule has 0 bridgehead atoms. The lowest BCUT2D eigenvalue weighted by atomic mass is 10.5. The summed E-state index contributed by atoms with van der Waals surface area (Å²) in [4.78, 5) is 0. The fourth-order valence-corrected chi connectivity index (χ4v) is 1.08. The lowest BCUT2D eigenvalue weighted by molar-refractivity contribution is -0.681. The van der Waals surface area contributed by atoms with E-state index in [1.165, 1.54) is 0 Å². The van der Waals surface area contributed by atoms with Crippen molar-refractivity contribution in [2.45, 2.75) is 6.92 Å². The Morgan fingerprint density at radius 1 is 1.73 bits per heavy atom. The molecule has 11 heavy (non-hydrogen) atoms. The van der Waals surface area contributed by atoms with Gasteiger partial charge in [0.05, 0.1) is 14.1 Å². The van der Waals surface area contributed by atoms with E-state index in [0.29, 0.717) is 5.82 Å². The number of aromatic nitrogens is 3. The van der Waals surface area contributed by atoms with Crippen molar-refractivity contribution in [1.82, 2.24) is 9.78 Å². The van der Waals surface area contributed by atoms with Crippen LogP contribution in [0.25, 0.3) is 5.76 Å². The second-order valence-corrected chi connectivity index (χ2v) is 2.50. The van der Waals surface area contributed by atoms with Crippen molar-refractivity contribution >= 4 is 5.76 Å². The van der Waals surface area contributed by atoms with Crippen molar-refractivity contribution in [2.75, 3.05) is 0 Å². The second-order valence-electron chi connectivity index (χ2n) is 2.50. The maximum absolute atomic E-state index is 9.12. The van der Waals surface area contributed by atoms with Gasteiger partial charge in [-0.15, -0.1) is 4.68 Å². The molecular weight excluding hydrogens is 142 g/mol. The lowest BCUT2D eigenvalue weighted by Crippen LogP contribution is -2.34. The Labute approximate surface area is 65.4 Å². The molecule has 1 heterocycles. The van der Waals surface area contributed by atoms with Crippen LogP contribution in [0.1, 0.15) is 11.6 Å². The van der Waals surface area contributed by atoms with Crippen LogP contribution in [0, 0.1) is 6.92 Å². The first-order valence-electron chi connectivity index (χ1n) is 3.32. The first kappa shape index (κ1) is 7.78. The molecule has 0 radical (unpaired) electrons. The Kier molecular flexibility index (Phi) is 1.68. The lowest BCUT2D eigenvalue weighted by Gasteiger charge is -1.92. The van der Waals surface area contributed by atoms with Gasteiger partial charge in [-0.2, -0.15) is 0 Å². The van der Waals surface area contributed by atoms with Gasteiger partial charge in [0.25, 0.3) is 5.82 Å². The largest absolute Gasteiger partial charge is 0.503 e. The molecule has 4 nitrogen and oxygen atoms in total. The van der Waals surface area contributed by atoms with Crippen LogP contribution < -0.4 is 4.57 Å². The minimum Gasteiger partial charge on any atom is -0.503 e. The Bertz CT molecular complexity index is 301. The van der Waals surface area contributed by atoms with E-state index in [-0.39, 0.29) is 5.76 Å². The highest BCUT2D eigenvalue weighted by Crippen LogP contribution is 2.00. The fraction of sp³-hybridized carbons (Fsp3) is 0.429. The predicted octanol–water partition coefficient (Wildman–Crippen LogP) is 0.0817. The van der Waals surface area contributed by atoms with Crippen LogP contribution in [0.3, 0.4) is 0 Å². The number of hydrogen-bond acceptors (Lipinski definition) is 2. The zero-order valence-corrected chi connectivity index (χ0v) is 7.00. The van der Waals surface area contributed by atoms with Gasteiger partial charge in [-0.25, -0.2) is 4.57 Å². The van der Waals surface area contributed by atoms with Gasteiger partial charge in [-0.3, -0.25) is 0 Å². The summed E-state index contributed by atoms with van der Waals surface area (Å²) in [7, 11) is 3.60. The van der Waals surface area contributed by atoms with Crippen molar-refractivity contribution in [3.05, 3.63) is 18.2 Å². The molecule has 0 aliphatic carbocycles. The summed E-state index contributed by atoms with van der Waals surface area (Å²) in [6.07, 6.45) is 0. The minimum atomic E-state index is 0.0376. The van der Waals surface area contributed by atoms with E-state index in [0.717, 1.165) is 5.82 Å².